The Balaban J connectivity index is 3.77. The first-order chi connectivity index (χ1) is 6.37. The quantitative estimate of drug-likeness (QED) is 0.710. The zero-order chi connectivity index (χ0) is 11.2. The molecule has 0 rings (SSSR count). The standard InChI is InChI=1S/C8H15F3N2O/c1-3-4-5-12-7(14)13(2)6-8(9,10)11/h3-6H2,1-2H3,(H,12,14). The van der Waals surface area contributed by atoms with Crippen molar-refractivity contribution in [2.75, 3.05) is 20.1 Å². The highest BCUT2D eigenvalue weighted by atomic mass is 19.4. The summed E-state index contributed by atoms with van der Waals surface area (Å²) in [6, 6.07) is -0.684. The molecule has 0 bridgehead atoms. The molecule has 14 heavy (non-hydrogen) atoms. The predicted octanol–water partition coefficient (Wildman–Crippen LogP) is 1.99. The second-order valence-electron chi connectivity index (χ2n) is 3.06. The van der Waals surface area contributed by atoms with Gasteiger partial charge < -0.3 is 10.2 Å². The summed E-state index contributed by atoms with van der Waals surface area (Å²) < 4.78 is 35.5. The van der Waals surface area contributed by atoms with E-state index in [2.05, 4.69) is 5.32 Å². The van der Waals surface area contributed by atoms with E-state index in [0.717, 1.165) is 19.9 Å². The van der Waals surface area contributed by atoms with Gasteiger partial charge in [0.1, 0.15) is 6.54 Å². The number of urea groups is 1. The molecule has 0 aliphatic heterocycles. The van der Waals surface area contributed by atoms with Crippen LogP contribution in [0.2, 0.25) is 0 Å². The number of hydrogen-bond acceptors (Lipinski definition) is 1. The van der Waals surface area contributed by atoms with Gasteiger partial charge in [0.15, 0.2) is 0 Å². The van der Waals surface area contributed by atoms with Gasteiger partial charge in [0, 0.05) is 13.6 Å². The number of nitrogens with one attached hydrogen (secondary N) is 1. The highest BCUT2D eigenvalue weighted by molar-refractivity contribution is 5.73. The topological polar surface area (TPSA) is 32.3 Å². The molecule has 0 saturated heterocycles. The predicted molar refractivity (Wildman–Crippen MR) is 47.0 cm³/mol. The van der Waals surface area contributed by atoms with E-state index in [1.165, 1.54) is 0 Å². The lowest BCUT2D eigenvalue weighted by atomic mass is 10.3. The van der Waals surface area contributed by atoms with E-state index >= 15 is 0 Å². The van der Waals surface area contributed by atoms with Gasteiger partial charge in [-0.15, -0.1) is 0 Å². The number of carbonyl (C=O) groups is 1. The summed E-state index contributed by atoms with van der Waals surface area (Å²) >= 11 is 0. The Morgan fingerprint density at radius 3 is 2.43 bits per heavy atom. The van der Waals surface area contributed by atoms with E-state index in [9.17, 15) is 18.0 Å². The summed E-state index contributed by atoms with van der Waals surface area (Å²) in [5.41, 5.74) is 0. The van der Waals surface area contributed by atoms with Crippen molar-refractivity contribution in [3.05, 3.63) is 0 Å². The van der Waals surface area contributed by atoms with E-state index in [1.54, 1.807) is 0 Å². The highest BCUT2D eigenvalue weighted by Gasteiger charge is 2.30. The third kappa shape index (κ3) is 6.56. The third-order valence-electron chi connectivity index (χ3n) is 1.57. The van der Waals surface area contributed by atoms with Gasteiger partial charge in [0.05, 0.1) is 0 Å². The summed E-state index contributed by atoms with van der Waals surface area (Å²) in [6.07, 6.45) is -2.67. The molecule has 0 spiro atoms. The van der Waals surface area contributed by atoms with Crippen molar-refractivity contribution in [2.24, 2.45) is 0 Å². The molecule has 0 aliphatic carbocycles. The monoisotopic (exact) mass is 212 g/mol. The van der Waals surface area contributed by atoms with E-state index in [4.69, 9.17) is 0 Å². The molecular formula is C8H15F3N2O. The maximum atomic E-state index is 11.8. The smallest absolute Gasteiger partial charge is 0.338 e. The van der Waals surface area contributed by atoms with Crippen LogP contribution in [0, 0.1) is 0 Å². The second kappa shape index (κ2) is 5.72. The lowest BCUT2D eigenvalue weighted by Gasteiger charge is -2.19. The number of halogens is 3. The number of unbranched alkanes of at least 4 members (excludes halogenated alkanes) is 1. The lowest BCUT2D eigenvalue weighted by molar-refractivity contribution is -0.137. The summed E-state index contributed by atoms with van der Waals surface area (Å²) in [5.74, 6) is 0. The van der Waals surface area contributed by atoms with Gasteiger partial charge in [-0.2, -0.15) is 13.2 Å². The molecule has 0 unspecified atom stereocenters. The molecule has 2 amide bonds. The number of nitrogens with zero attached hydrogens (tertiary/aromatic N) is 1. The summed E-state index contributed by atoms with van der Waals surface area (Å²) in [5, 5.41) is 2.39. The Morgan fingerprint density at radius 1 is 1.43 bits per heavy atom. The molecule has 0 aromatic carbocycles. The molecule has 0 heterocycles. The van der Waals surface area contributed by atoms with Crippen LogP contribution in [0.15, 0.2) is 0 Å². The largest absolute Gasteiger partial charge is 0.406 e. The first-order valence-corrected chi connectivity index (χ1v) is 4.42. The molecule has 6 heteroatoms. The molecule has 0 aromatic rings. The Hall–Kier alpha value is -0.940. The van der Waals surface area contributed by atoms with Crippen LogP contribution < -0.4 is 5.32 Å². The normalized spacial score (nSPS) is 11.2. The van der Waals surface area contributed by atoms with Crippen LogP contribution in [-0.2, 0) is 0 Å². The maximum absolute atomic E-state index is 11.8. The van der Waals surface area contributed by atoms with Crippen LogP contribution in [0.3, 0.4) is 0 Å². The third-order valence-corrected chi connectivity index (χ3v) is 1.57. The van der Waals surface area contributed by atoms with Crippen LogP contribution in [0.1, 0.15) is 19.8 Å². The van der Waals surface area contributed by atoms with Crippen molar-refractivity contribution < 1.29 is 18.0 Å². The number of alkyl halides is 3. The number of carbonyl (C=O) groups excluding carboxylic acids is 1. The average molecular weight is 212 g/mol. The molecule has 0 saturated carbocycles. The van der Waals surface area contributed by atoms with Crippen molar-refractivity contribution in [3.8, 4) is 0 Å². The van der Waals surface area contributed by atoms with Crippen LogP contribution in [0.25, 0.3) is 0 Å². The first-order valence-electron chi connectivity index (χ1n) is 4.42. The summed E-state index contributed by atoms with van der Waals surface area (Å²) in [4.78, 5) is 11.6. The van der Waals surface area contributed by atoms with Crippen molar-refractivity contribution >= 4 is 6.03 Å². The van der Waals surface area contributed by atoms with Gasteiger partial charge in [-0.1, -0.05) is 13.3 Å². The van der Waals surface area contributed by atoms with Crippen LogP contribution >= 0.6 is 0 Å². The molecular weight excluding hydrogens is 197 g/mol. The van der Waals surface area contributed by atoms with Crippen molar-refractivity contribution in [1.82, 2.24) is 10.2 Å². The van der Waals surface area contributed by atoms with Gasteiger partial charge in [0.25, 0.3) is 0 Å². The van der Waals surface area contributed by atoms with Crippen LogP contribution in [0.5, 0.6) is 0 Å². The number of hydrogen-bond donors (Lipinski definition) is 1. The molecule has 1 N–H and O–H groups in total. The summed E-state index contributed by atoms with van der Waals surface area (Å²) in [6.45, 7) is 1.13. The van der Waals surface area contributed by atoms with Crippen molar-refractivity contribution in [3.63, 3.8) is 0 Å². The van der Waals surface area contributed by atoms with E-state index < -0.39 is 18.8 Å². The SMILES string of the molecule is CCCCNC(=O)N(C)CC(F)(F)F. The van der Waals surface area contributed by atoms with Gasteiger partial charge in [-0.05, 0) is 6.42 Å². The Kier molecular flexibility index (Phi) is 5.34. The molecule has 0 atom stereocenters. The van der Waals surface area contributed by atoms with Gasteiger partial charge >= 0.3 is 12.2 Å². The Bertz CT molecular complexity index is 182. The fourth-order valence-electron chi connectivity index (χ4n) is 0.848. The summed E-state index contributed by atoms with van der Waals surface area (Å²) in [7, 11) is 1.12. The van der Waals surface area contributed by atoms with E-state index in [-0.39, 0.29) is 0 Å². The minimum Gasteiger partial charge on any atom is -0.338 e. The van der Waals surface area contributed by atoms with E-state index in [0.29, 0.717) is 11.4 Å². The Labute approximate surface area is 81.3 Å². The molecule has 3 nitrogen and oxygen atoms in total. The molecule has 0 fully saturated rings. The fourth-order valence-corrected chi connectivity index (χ4v) is 0.848. The second-order valence-corrected chi connectivity index (χ2v) is 3.06. The molecule has 0 aromatic heterocycles. The maximum Gasteiger partial charge on any atom is 0.406 e. The van der Waals surface area contributed by atoms with Crippen LogP contribution in [-0.4, -0.2) is 37.2 Å². The van der Waals surface area contributed by atoms with Gasteiger partial charge in [-0.25, -0.2) is 4.79 Å². The van der Waals surface area contributed by atoms with Crippen LogP contribution in [0.4, 0.5) is 18.0 Å². The minimum absolute atomic E-state index is 0.414. The molecule has 0 aliphatic rings. The van der Waals surface area contributed by atoms with E-state index in [1.807, 2.05) is 6.92 Å². The Morgan fingerprint density at radius 2 is 2.00 bits per heavy atom. The minimum atomic E-state index is -4.34. The highest BCUT2D eigenvalue weighted by Crippen LogP contribution is 2.15. The van der Waals surface area contributed by atoms with Gasteiger partial charge in [-0.3, -0.25) is 0 Å². The first kappa shape index (κ1) is 13.1. The van der Waals surface area contributed by atoms with Crippen molar-refractivity contribution in [1.29, 1.82) is 0 Å². The number of rotatable bonds is 4. The molecule has 84 valence electrons. The fraction of sp³-hybridized carbons (Fsp3) is 0.875. The zero-order valence-electron chi connectivity index (χ0n) is 8.32. The zero-order valence-corrected chi connectivity index (χ0v) is 8.32. The molecule has 0 radical (unpaired) electrons. The lowest BCUT2D eigenvalue weighted by Crippen LogP contribution is -2.42. The number of amides is 2. The van der Waals surface area contributed by atoms with Gasteiger partial charge in [0.2, 0.25) is 0 Å². The van der Waals surface area contributed by atoms with Crippen molar-refractivity contribution in [2.45, 2.75) is 25.9 Å². The average Bonchev–Trinajstić information content (AvgIpc) is 2.01.